The number of hydrogen-bond donors (Lipinski definition) is 4. The molecule has 1 unspecified atom stereocenters. The lowest BCUT2D eigenvalue weighted by Gasteiger charge is -2.36. The maximum atomic E-state index is 16.1. The number of aliphatic hydroxyl groups excluding tert-OH is 2. The van der Waals surface area contributed by atoms with Gasteiger partial charge in [-0.2, -0.15) is 4.98 Å². The van der Waals surface area contributed by atoms with Gasteiger partial charge in [0.25, 0.3) is 5.91 Å². The van der Waals surface area contributed by atoms with E-state index in [1.54, 1.807) is 19.0 Å². The minimum Gasteiger partial charge on any atom is -0.388 e. The van der Waals surface area contributed by atoms with Crippen LogP contribution in [0.1, 0.15) is 18.4 Å². The molecule has 0 saturated carbocycles. The van der Waals surface area contributed by atoms with E-state index in [1.165, 1.54) is 21.9 Å². The van der Waals surface area contributed by atoms with E-state index in [9.17, 15) is 29.3 Å². The number of fused-ring (bicyclic) bond motifs is 1. The summed E-state index contributed by atoms with van der Waals surface area (Å²) in [7, 11) is 3.24. The van der Waals surface area contributed by atoms with Crippen LogP contribution in [-0.4, -0.2) is 106 Å². The van der Waals surface area contributed by atoms with Crippen LogP contribution in [0.5, 0.6) is 0 Å². The summed E-state index contributed by atoms with van der Waals surface area (Å²) in [6.45, 7) is 0.907. The first-order valence-electron chi connectivity index (χ1n) is 12.3. The van der Waals surface area contributed by atoms with Crippen LogP contribution < -0.4 is 10.2 Å². The molecule has 39 heavy (non-hydrogen) atoms. The van der Waals surface area contributed by atoms with E-state index in [-0.39, 0.29) is 90.3 Å². The maximum Gasteiger partial charge on any atom is 0.279 e. The lowest BCUT2D eigenvalue weighted by Crippen LogP contribution is -2.51. The van der Waals surface area contributed by atoms with E-state index in [1.807, 2.05) is 0 Å². The van der Waals surface area contributed by atoms with Gasteiger partial charge in [0.05, 0.1) is 11.1 Å². The average Bonchev–Trinajstić information content (AvgIpc) is 2.89. The normalized spacial score (nSPS) is 17.8. The van der Waals surface area contributed by atoms with Crippen LogP contribution in [-0.2, 0) is 9.59 Å². The summed E-state index contributed by atoms with van der Waals surface area (Å²) in [5, 5.41) is 31.8. The predicted molar refractivity (Wildman–Crippen MR) is 141 cm³/mol. The average molecular weight is 567 g/mol. The van der Waals surface area contributed by atoms with Crippen molar-refractivity contribution in [1.29, 1.82) is 0 Å². The number of aromatic nitrogens is 2. The van der Waals surface area contributed by atoms with Gasteiger partial charge in [-0.15, -0.1) is 0 Å². The number of carbonyl (C=O) groups excluding carboxylic acids is 2. The highest BCUT2D eigenvalue weighted by Gasteiger charge is 2.30. The Kier molecular flexibility index (Phi) is 8.64. The number of amides is 2. The van der Waals surface area contributed by atoms with E-state index < -0.39 is 29.9 Å². The van der Waals surface area contributed by atoms with E-state index in [0.29, 0.717) is 0 Å². The quantitative estimate of drug-likeness (QED) is 0.364. The number of halogens is 3. The smallest absolute Gasteiger partial charge is 0.279 e. The Bertz CT molecular complexity index is 1340. The number of rotatable bonds is 7. The number of hydrogen-bond acceptors (Lipinski definition) is 9. The van der Waals surface area contributed by atoms with Crippen LogP contribution in [0.4, 0.5) is 20.5 Å². The number of nitrogens with zero attached hydrogens (tertiary/aromatic N) is 5. The number of benzene rings is 1. The molecular weight excluding hydrogens is 538 g/mol. The first-order chi connectivity index (χ1) is 18.5. The molecule has 1 fully saturated rings. The van der Waals surface area contributed by atoms with Crippen LogP contribution in [0.15, 0.2) is 24.0 Å². The molecule has 0 bridgehead atoms. The lowest BCUT2D eigenvalue weighted by molar-refractivity contribution is -0.159. The van der Waals surface area contributed by atoms with Crippen molar-refractivity contribution < 1.29 is 33.7 Å². The molecule has 1 saturated heterocycles. The van der Waals surface area contributed by atoms with Gasteiger partial charge in [-0.25, -0.2) is 13.8 Å². The van der Waals surface area contributed by atoms with Gasteiger partial charge in [-0.3, -0.25) is 9.59 Å². The fourth-order valence-corrected chi connectivity index (χ4v) is 4.80. The Balaban J connectivity index is 1.77. The summed E-state index contributed by atoms with van der Waals surface area (Å²) in [6, 6.07) is 1.41. The summed E-state index contributed by atoms with van der Waals surface area (Å²) >= 11 is 6.45. The summed E-state index contributed by atoms with van der Waals surface area (Å²) < 4.78 is 30.8. The third kappa shape index (κ3) is 5.96. The standard InChI is InChI=1S/C25H29ClF2N6O5/c1-32(2)17(36)6-7-29-25-30-21-13(22(31-25)33-8-10-34(11-9-33)23(37)24(38)39)12-14(26)18(20(21)28)19-15(27)4-3-5-16(19)35/h3-4,12,16,24,35,38-39H,5-11H2,1-2H3,(H,29,30,31). The number of carbonyl (C=O) groups is 2. The summed E-state index contributed by atoms with van der Waals surface area (Å²) in [5.74, 6) is -2.43. The second kappa shape index (κ2) is 11.8. The van der Waals surface area contributed by atoms with Gasteiger partial charge in [-0.05, 0) is 18.6 Å². The highest BCUT2D eigenvalue weighted by Crippen LogP contribution is 2.40. The molecule has 0 spiro atoms. The molecule has 4 rings (SSSR count). The van der Waals surface area contributed by atoms with Gasteiger partial charge in [0.2, 0.25) is 18.1 Å². The molecular formula is C25H29ClF2N6O5. The van der Waals surface area contributed by atoms with E-state index >= 15 is 4.39 Å². The van der Waals surface area contributed by atoms with E-state index in [0.717, 1.165) is 6.08 Å². The summed E-state index contributed by atoms with van der Waals surface area (Å²) in [4.78, 5) is 37.3. The molecule has 2 aliphatic rings. The highest BCUT2D eigenvalue weighted by atomic mass is 35.5. The lowest BCUT2D eigenvalue weighted by atomic mass is 9.92. The minimum atomic E-state index is -2.12. The van der Waals surface area contributed by atoms with Crippen LogP contribution in [0.25, 0.3) is 16.5 Å². The highest BCUT2D eigenvalue weighted by molar-refractivity contribution is 6.33. The maximum absolute atomic E-state index is 16.1. The van der Waals surface area contributed by atoms with Crippen molar-refractivity contribution in [1.82, 2.24) is 19.8 Å². The van der Waals surface area contributed by atoms with Crippen LogP contribution in [0.2, 0.25) is 5.02 Å². The summed E-state index contributed by atoms with van der Waals surface area (Å²) in [6.07, 6.45) is -0.630. The van der Waals surface area contributed by atoms with Crippen molar-refractivity contribution in [2.75, 3.05) is 57.0 Å². The molecule has 11 nitrogen and oxygen atoms in total. The molecule has 1 aromatic carbocycles. The Morgan fingerprint density at radius 2 is 1.90 bits per heavy atom. The Hall–Kier alpha value is -3.39. The van der Waals surface area contributed by atoms with Gasteiger partial charge < -0.3 is 35.3 Å². The molecule has 210 valence electrons. The van der Waals surface area contributed by atoms with Crippen LogP contribution in [0, 0.1) is 5.82 Å². The molecule has 1 atom stereocenters. The molecule has 2 amide bonds. The zero-order chi connectivity index (χ0) is 28.4. The third-order valence-electron chi connectivity index (χ3n) is 6.58. The number of piperazine rings is 1. The second-order valence-corrected chi connectivity index (χ2v) is 9.79. The molecule has 4 N–H and O–H groups in total. The fraction of sp³-hybridized carbons (Fsp3) is 0.440. The number of nitrogens with one attached hydrogen (secondary N) is 1. The Labute approximate surface area is 228 Å². The molecule has 1 aromatic heterocycles. The predicted octanol–water partition coefficient (Wildman–Crippen LogP) is 1.27. The van der Waals surface area contributed by atoms with Crippen LogP contribution >= 0.6 is 11.6 Å². The monoisotopic (exact) mass is 566 g/mol. The van der Waals surface area contributed by atoms with Gasteiger partial charge in [0.15, 0.2) is 5.82 Å². The number of anilines is 2. The Morgan fingerprint density at radius 3 is 2.51 bits per heavy atom. The molecule has 2 heterocycles. The van der Waals surface area contributed by atoms with Crippen molar-refractivity contribution in [3.05, 3.63) is 40.4 Å². The number of allylic oxidation sites excluding steroid dienone is 2. The van der Waals surface area contributed by atoms with Gasteiger partial charge >= 0.3 is 0 Å². The SMILES string of the molecule is CN(C)C(=O)CCNc1nc(N2CCN(C(=O)C(O)O)CC2)c2cc(Cl)c(C3=C(F)C=CCC3O)c(F)c2n1. The zero-order valence-electron chi connectivity index (χ0n) is 21.4. The van der Waals surface area contributed by atoms with Crippen molar-refractivity contribution in [3.8, 4) is 0 Å². The van der Waals surface area contributed by atoms with Gasteiger partial charge in [0.1, 0.15) is 17.2 Å². The first-order valence-corrected chi connectivity index (χ1v) is 12.7. The molecule has 14 heteroatoms. The number of aliphatic hydroxyl groups is 3. The summed E-state index contributed by atoms with van der Waals surface area (Å²) in [5.41, 5.74) is -0.751. The van der Waals surface area contributed by atoms with Crippen molar-refractivity contribution >= 4 is 51.7 Å². The zero-order valence-corrected chi connectivity index (χ0v) is 22.1. The van der Waals surface area contributed by atoms with E-state index in [4.69, 9.17) is 11.6 Å². The molecule has 2 aromatic rings. The van der Waals surface area contributed by atoms with Crippen LogP contribution in [0.3, 0.4) is 0 Å². The van der Waals surface area contributed by atoms with Crippen molar-refractivity contribution in [2.45, 2.75) is 25.2 Å². The van der Waals surface area contributed by atoms with Gasteiger partial charge in [0, 0.05) is 69.8 Å². The third-order valence-corrected chi connectivity index (χ3v) is 6.88. The largest absolute Gasteiger partial charge is 0.388 e. The minimum absolute atomic E-state index is 0.0130. The fourth-order valence-electron chi connectivity index (χ4n) is 4.51. The molecule has 1 aliphatic carbocycles. The molecule has 1 aliphatic heterocycles. The van der Waals surface area contributed by atoms with Gasteiger partial charge in [-0.1, -0.05) is 17.7 Å². The molecule has 0 radical (unpaired) electrons. The second-order valence-electron chi connectivity index (χ2n) is 9.38. The van der Waals surface area contributed by atoms with E-state index in [2.05, 4.69) is 15.3 Å². The first kappa shape index (κ1) is 28.6. The Morgan fingerprint density at radius 1 is 1.21 bits per heavy atom. The topological polar surface area (TPSA) is 142 Å². The van der Waals surface area contributed by atoms with Crippen molar-refractivity contribution in [3.63, 3.8) is 0 Å². The van der Waals surface area contributed by atoms with Crippen molar-refractivity contribution in [2.24, 2.45) is 0 Å².